The average molecular weight is 352 g/mol. The summed E-state index contributed by atoms with van der Waals surface area (Å²) in [5, 5.41) is 0. The molecule has 6 nitrogen and oxygen atoms in total. The van der Waals surface area contributed by atoms with Gasteiger partial charge in [-0.1, -0.05) is 22.0 Å². The molecule has 0 bridgehead atoms. The van der Waals surface area contributed by atoms with Crippen molar-refractivity contribution in [1.82, 2.24) is 15.8 Å². The number of hydrazine groups is 1. The van der Waals surface area contributed by atoms with Crippen LogP contribution in [0.4, 0.5) is 0 Å². The molecule has 2 aromatic rings. The lowest BCUT2D eigenvalue weighted by Crippen LogP contribution is -2.42. The van der Waals surface area contributed by atoms with E-state index in [4.69, 9.17) is 4.74 Å². The van der Waals surface area contributed by atoms with Gasteiger partial charge in [-0.2, -0.15) is 0 Å². The van der Waals surface area contributed by atoms with Gasteiger partial charge in [-0.25, -0.2) is 0 Å². The molecule has 0 saturated carbocycles. The number of amides is 2. The number of nitrogens with one attached hydrogen (secondary N) is 3. The molecule has 0 aliphatic rings. The summed E-state index contributed by atoms with van der Waals surface area (Å²) in [6.07, 6.45) is 1.76. The van der Waals surface area contributed by atoms with Crippen LogP contribution in [-0.2, 0) is 4.79 Å². The lowest BCUT2D eigenvalue weighted by Gasteiger charge is -2.08. The van der Waals surface area contributed by atoms with Crippen molar-refractivity contribution in [2.45, 2.75) is 6.42 Å². The molecule has 0 saturated heterocycles. The second-order valence-corrected chi connectivity index (χ2v) is 5.06. The molecule has 0 fully saturated rings. The highest BCUT2D eigenvalue weighted by atomic mass is 79.9. The molecule has 7 heteroatoms. The molecule has 3 N–H and O–H groups in total. The number of halogens is 1. The van der Waals surface area contributed by atoms with Gasteiger partial charge in [0.15, 0.2) is 0 Å². The maximum atomic E-state index is 11.5. The Labute approximate surface area is 130 Å². The lowest BCUT2D eigenvalue weighted by molar-refractivity contribution is -0.122. The maximum absolute atomic E-state index is 11.5. The van der Waals surface area contributed by atoms with Crippen LogP contribution in [0.25, 0.3) is 0 Å². The van der Waals surface area contributed by atoms with E-state index in [1.165, 1.54) is 0 Å². The molecule has 0 unspecified atom stereocenters. The van der Waals surface area contributed by atoms with Gasteiger partial charge in [-0.05, 0) is 30.3 Å². The van der Waals surface area contributed by atoms with Crippen molar-refractivity contribution in [2.75, 3.05) is 6.61 Å². The number of benzene rings is 1. The first-order valence-corrected chi connectivity index (χ1v) is 7.05. The number of aromatic amines is 1. The molecule has 0 aliphatic carbocycles. The van der Waals surface area contributed by atoms with Crippen LogP contribution in [0.5, 0.6) is 5.75 Å². The molecule has 2 rings (SSSR count). The predicted octanol–water partition coefficient (Wildman–Crippen LogP) is 2.01. The summed E-state index contributed by atoms with van der Waals surface area (Å²) >= 11 is 3.33. The van der Waals surface area contributed by atoms with Crippen molar-refractivity contribution in [3.63, 3.8) is 0 Å². The van der Waals surface area contributed by atoms with Crippen LogP contribution in [0, 0.1) is 0 Å². The van der Waals surface area contributed by atoms with Gasteiger partial charge in [0, 0.05) is 10.7 Å². The summed E-state index contributed by atoms with van der Waals surface area (Å²) in [6.45, 7) is 0.223. The van der Waals surface area contributed by atoms with E-state index in [-0.39, 0.29) is 18.9 Å². The number of hydrogen-bond acceptors (Lipinski definition) is 3. The van der Waals surface area contributed by atoms with E-state index in [2.05, 4.69) is 31.8 Å². The Morgan fingerprint density at radius 3 is 2.76 bits per heavy atom. The SMILES string of the molecule is O=C(CCOc1cccc(Br)c1)NNC(=O)c1ccc[nH]1. The Hall–Kier alpha value is -2.28. The monoisotopic (exact) mass is 351 g/mol. The summed E-state index contributed by atoms with van der Waals surface area (Å²) in [5.41, 5.74) is 5.01. The van der Waals surface area contributed by atoms with Crippen LogP contribution in [-0.4, -0.2) is 23.4 Å². The molecule has 0 aliphatic heterocycles. The van der Waals surface area contributed by atoms with Crippen LogP contribution < -0.4 is 15.6 Å². The van der Waals surface area contributed by atoms with E-state index in [1.807, 2.05) is 18.2 Å². The first-order chi connectivity index (χ1) is 10.1. The van der Waals surface area contributed by atoms with E-state index in [0.29, 0.717) is 11.4 Å². The van der Waals surface area contributed by atoms with Gasteiger partial charge in [0.1, 0.15) is 11.4 Å². The van der Waals surface area contributed by atoms with E-state index < -0.39 is 5.91 Å². The number of hydrogen-bond donors (Lipinski definition) is 3. The first-order valence-electron chi connectivity index (χ1n) is 6.26. The van der Waals surface area contributed by atoms with Crippen molar-refractivity contribution in [1.29, 1.82) is 0 Å². The standard InChI is InChI=1S/C14H14BrN3O3/c15-10-3-1-4-11(9-10)21-8-6-13(19)17-18-14(20)12-5-2-7-16-12/h1-5,7,9,16H,6,8H2,(H,17,19)(H,18,20). The van der Waals surface area contributed by atoms with Crippen LogP contribution in [0.15, 0.2) is 47.1 Å². The van der Waals surface area contributed by atoms with Gasteiger partial charge in [-0.3, -0.25) is 20.4 Å². The van der Waals surface area contributed by atoms with Crippen LogP contribution in [0.1, 0.15) is 16.9 Å². The van der Waals surface area contributed by atoms with Crippen molar-refractivity contribution in [3.8, 4) is 5.75 Å². The minimum Gasteiger partial charge on any atom is -0.493 e. The zero-order chi connectivity index (χ0) is 15.1. The zero-order valence-electron chi connectivity index (χ0n) is 11.1. The lowest BCUT2D eigenvalue weighted by atomic mass is 10.3. The first kappa shape index (κ1) is 15.1. The van der Waals surface area contributed by atoms with Gasteiger partial charge in [0.25, 0.3) is 5.91 Å². The molecule has 0 radical (unpaired) electrons. The molecule has 2 amide bonds. The van der Waals surface area contributed by atoms with Gasteiger partial charge in [-0.15, -0.1) is 0 Å². The third-order valence-electron chi connectivity index (χ3n) is 2.55. The molecule has 1 heterocycles. The van der Waals surface area contributed by atoms with Gasteiger partial charge < -0.3 is 9.72 Å². The highest BCUT2D eigenvalue weighted by Gasteiger charge is 2.07. The van der Waals surface area contributed by atoms with E-state index in [9.17, 15) is 9.59 Å². The zero-order valence-corrected chi connectivity index (χ0v) is 12.6. The summed E-state index contributed by atoms with van der Waals surface area (Å²) < 4.78 is 6.33. The predicted molar refractivity (Wildman–Crippen MR) is 80.7 cm³/mol. The van der Waals surface area contributed by atoms with Crippen molar-refractivity contribution in [2.24, 2.45) is 0 Å². The minimum absolute atomic E-state index is 0.136. The molecule has 1 aromatic heterocycles. The number of carbonyl (C=O) groups excluding carboxylic acids is 2. The van der Waals surface area contributed by atoms with Gasteiger partial charge >= 0.3 is 0 Å². The second-order valence-electron chi connectivity index (χ2n) is 4.14. The van der Waals surface area contributed by atoms with Gasteiger partial charge in [0.05, 0.1) is 13.0 Å². The highest BCUT2D eigenvalue weighted by Crippen LogP contribution is 2.17. The third-order valence-corrected chi connectivity index (χ3v) is 3.05. The van der Waals surface area contributed by atoms with Crippen LogP contribution >= 0.6 is 15.9 Å². The molecule has 0 atom stereocenters. The van der Waals surface area contributed by atoms with Crippen molar-refractivity contribution >= 4 is 27.7 Å². The number of ether oxygens (including phenoxy) is 1. The molecular formula is C14H14BrN3O3. The summed E-state index contributed by atoms with van der Waals surface area (Å²) in [4.78, 5) is 25.8. The fourth-order valence-corrected chi connectivity index (χ4v) is 1.92. The van der Waals surface area contributed by atoms with Crippen LogP contribution in [0.3, 0.4) is 0 Å². The Balaban J connectivity index is 1.67. The third kappa shape index (κ3) is 4.96. The Kier molecular flexibility index (Phi) is 5.39. The number of carbonyl (C=O) groups is 2. The summed E-state index contributed by atoms with van der Waals surface area (Å²) in [6, 6.07) is 10.6. The molecule has 1 aromatic carbocycles. The van der Waals surface area contributed by atoms with Crippen molar-refractivity contribution in [3.05, 3.63) is 52.8 Å². The average Bonchev–Trinajstić information content (AvgIpc) is 2.99. The highest BCUT2D eigenvalue weighted by molar-refractivity contribution is 9.10. The molecule has 0 spiro atoms. The van der Waals surface area contributed by atoms with E-state index in [0.717, 1.165) is 4.47 Å². The fourth-order valence-electron chi connectivity index (χ4n) is 1.55. The quantitative estimate of drug-likeness (QED) is 0.720. The number of aromatic nitrogens is 1. The molecule has 110 valence electrons. The Bertz CT molecular complexity index is 614. The minimum atomic E-state index is -0.402. The maximum Gasteiger partial charge on any atom is 0.286 e. The largest absolute Gasteiger partial charge is 0.493 e. The number of H-pyrrole nitrogens is 1. The number of rotatable bonds is 5. The Morgan fingerprint density at radius 2 is 2.05 bits per heavy atom. The van der Waals surface area contributed by atoms with Crippen LogP contribution in [0.2, 0.25) is 0 Å². The molecular weight excluding hydrogens is 338 g/mol. The van der Waals surface area contributed by atoms with E-state index >= 15 is 0 Å². The summed E-state index contributed by atoms with van der Waals surface area (Å²) in [7, 11) is 0. The second kappa shape index (κ2) is 7.49. The normalized spacial score (nSPS) is 9.95. The fraction of sp³-hybridized carbons (Fsp3) is 0.143. The van der Waals surface area contributed by atoms with Gasteiger partial charge in [0.2, 0.25) is 5.91 Å². The summed E-state index contributed by atoms with van der Waals surface area (Å²) in [5.74, 6) is -0.0567. The topological polar surface area (TPSA) is 83.2 Å². The van der Waals surface area contributed by atoms with E-state index in [1.54, 1.807) is 24.4 Å². The van der Waals surface area contributed by atoms with Crippen molar-refractivity contribution < 1.29 is 14.3 Å². The Morgan fingerprint density at radius 1 is 1.19 bits per heavy atom. The smallest absolute Gasteiger partial charge is 0.286 e. The molecule has 21 heavy (non-hydrogen) atoms.